The Morgan fingerprint density at radius 2 is 2.10 bits per heavy atom. The minimum absolute atomic E-state index is 0.215. The topological polar surface area (TPSA) is 72.6 Å². The molecule has 21 heavy (non-hydrogen) atoms. The molecular formula is C14H11BrFNO4. The fourth-order valence-corrected chi connectivity index (χ4v) is 2.19. The SMILES string of the molecule is C[C@H](O)c1ccc(Oc2c(F)cccc2[N+](=O)[O-])c(Br)c1. The number of para-hydroxylation sites is 1. The van der Waals surface area contributed by atoms with E-state index in [0.29, 0.717) is 10.0 Å². The molecule has 2 aromatic rings. The third-order valence-corrected chi connectivity index (χ3v) is 3.41. The van der Waals surface area contributed by atoms with E-state index < -0.39 is 28.3 Å². The molecule has 0 radical (unpaired) electrons. The Labute approximate surface area is 128 Å². The highest BCUT2D eigenvalue weighted by atomic mass is 79.9. The Hall–Kier alpha value is -1.99. The second-order valence-corrected chi connectivity index (χ2v) is 5.17. The zero-order chi connectivity index (χ0) is 15.6. The van der Waals surface area contributed by atoms with E-state index in [1.165, 1.54) is 12.1 Å². The predicted octanol–water partition coefficient (Wildman–Crippen LogP) is 4.34. The zero-order valence-electron chi connectivity index (χ0n) is 10.9. The summed E-state index contributed by atoms with van der Waals surface area (Å²) in [6.45, 7) is 1.60. The molecular weight excluding hydrogens is 345 g/mol. The summed E-state index contributed by atoms with van der Waals surface area (Å²) in [6, 6.07) is 8.19. The van der Waals surface area contributed by atoms with Gasteiger partial charge < -0.3 is 9.84 Å². The molecule has 0 spiro atoms. The molecule has 1 N–H and O–H groups in total. The number of benzene rings is 2. The van der Waals surface area contributed by atoms with Crippen molar-refractivity contribution in [2.24, 2.45) is 0 Å². The molecule has 5 nitrogen and oxygen atoms in total. The molecule has 2 rings (SSSR count). The summed E-state index contributed by atoms with van der Waals surface area (Å²) in [5.41, 5.74) is 0.179. The number of hydrogen-bond acceptors (Lipinski definition) is 4. The average Bonchev–Trinajstić information content (AvgIpc) is 2.42. The number of ether oxygens (including phenoxy) is 1. The third kappa shape index (κ3) is 3.37. The van der Waals surface area contributed by atoms with E-state index in [2.05, 4.69) is 15.9 Å². The van der Waals surface area contributed by atoms with Crippen molar-refractivity contribution in [1.82, 2.24) is 0 Å². The van der Waals surface area contributed by atoms with Crippen LogP contribution < -0.4 is 4.74 Å². The van der Waals surface area contributed by atoms with Crippen LogP contribution in [0.5, 0.6) is 11.5 Å². The molecule has 0 unspecified atom stereocenters. The van der Waals surface area contributed by atoms with Crippen LogP contribution in [0.4, 0.5) is 10.1 Å². The van der Waals surface area contributed by atoms with Gasteiger partial charge in [0.15, 0.2) is 5.82 Å². The Morgan fingerprint density at radius 1 is 1.38 bits per heavy atom. The Morgan fingerprint density at radius 3 is 2.67 bits per heavy atom. The molecule has 110 valence electrons. The molecule has 0 aliphatic heterocycles. The number of nitro groups is 1. The summed E-state index contributed by atoms with van der Waals surface area (Å²) in [6.07, 6.45) is -0.668. The van der Waals surface area contributed by atoms with Crippen molar-refractivity contribution in [1.29, 1.82) is 0 Å². The third-order valence-electron chi connectivity index (χ3n) is 2.79. The van der Waals surface area contributed by atoms with Crippen molar-refractivity contribution >= 4 is 21.6 Å². The summed E-state index contributed by atoms with van der Waals surface area (Å²) in [5.74, 6) is -1.06. The van der Waals surface area contributed by atoms with Gasteiger partial charge in [0.25, 0.3) is 0 Å². The predicted molar refractivity (Wildman–Crippen MR) is 77.9 cm³/mol. The molecule has 0 saturated carbocycles. The maximum Gasteiger partial charge on any atom is 0.314 e. The quantitative estimate of drug-likeness (QED) is 0.653. The second kappa shape index (κ2) is 6.19. The fourth-order valence-electron chi connectivity index (χ4n) is 1.71. The average molecular weight is 356 g/mol. The van der Waals surface area contributed by atoms with Crippen LogP contribution in [0.3, 0.4) is 0 Å². The first-order valence-electron chi connectivity index (χ1n) is 5.98. The number of nitrogens with zero attached hydrogens (tertiary/aromatic N) is 1. The molecule has 0 heterocycles. The lowest BCUT2D eigenvalue weighted by molar-refractivity contribution is -0.385. The molecule has 7 heteroatoms. The van der Waals surface area contributed by atoms with Gasteiger partial charge >= 0.3 is 5.69 Å². The summed E-state index contributed by atoms with van der Waals surface area (Å²) in [4.78, 5) is 10.2. The number of halogens is 2. The van der Waals surface area contributed by atoms with Gasteiger partial charge in [0.05, 0.1) is 15.5 Å². The normalized spacial score (nSPS) is 12.0. The molecule has 0 bridgehead atoms. The molecule has 0 aliphatic rings. The number of rotatable bonds is 4. The zero-order valence-corrected chi connectivity index (χ0v) is 12.5. The van der Waals surface area contributed by atoms with Crippen molar-refractivity contribution in [3.8, 4) is 11.5 Å². The van der Waals surface area contributed by atoms with Crippen molar-refractivity contribution < 1.29 is 19.2 Å². The largest absolute Gasteiger partial charge is 0.446 e. The Kier molecular flexibility index (Phi) is 4.54. The van der Waals surface area contributed by atoms with E-state index in [9.17, 15) is 19.6 Å². The van der Waals surface area contributed by atoms with Crippen LogP contribution in [0.15, 0.2) is 40.9 Å². The first-order valence-corrected chi connectivity index (χ1v) is 6.77. The Balaban J connectivity index is 2.41. The van der Waals surface area contributed by atoms with E-state index in [1.54, 1.807) is 19.1 Å². The van der Waals surface area contributed by atoms with Crippen molar-refractivity contribution in [2.45, 2.75) is 13.0 Å². The van der Waals surface area contributed by atoms with Gasteiger partial charge in [-0.1, -0.05) is 12.1 Å². The molecule has 0 fully saturated rings. The van der Waals surface area contributed by atoms with Crippen LogP contribution in [-0.2, 0) is 0 Å². The molecule has 0 aliphatic carbocycles. The van der Waals surface area contributed by atoms with E-state index in [1.807, 2.05) is 0 Å². The molecule has 2 aromatic carbocycles. The standard InChI is InChI=1S/C14H11BrFNO4/c1-8(18)9-5-6-13(10(15)7-9)21-14-11(16)3-2-4-12(14)17(19)20/h2-8,18H,1H3/t8-/m0/s1. The molecule has 0 amide bonds. The van der Waals surface area contributed by atoms with Gasteiger partial charge in [-0.15, -0.1) is 0 Å². The van der Waals surface area contributed by atoms with Gasteiger partial charge in [0.2, 0.25) is 5.75 Å². The van der Waals surface area contributed by atoms with Gasteiger partial charge in [0.1, 0.15) is 5.75 Å². The van der Waals surface area contributed by atoms with E-state index in [0.717, 1.165) is 12.1 Å². The number of nitro benzene ring substituents is 1. The summed E-state index contributed by atoms with van der Waals surface area (Å²) in [7, 11) is 0. The monoisotopic (exact) mass is 355 g/mol. The minimum atomic E-state index is -0.823. The van der Waals surface area contributed by atoms with Gasteiger partial charge in [-0.25, -0.2) is 4.39 Å². The molecule has 1 atom stereocenters. The highest BCUT2D eigenvalue weighted by Gasteiger charge is 2.21. The van der Waals surface area contributed by atoms with Crippen LogP contribution in [-0.4, -0.2) is 10.0 Å². The van der Waals surface area contributed by atoms with Gasteiger partial charge in [-0.05, 0) is 46.6 Å². The van der Waals surface area contributed by atoms with Crippen molar-refractivity contribution in [2.75, 3.05) is 0 Å². The highest BCUT2D eigenvalue weighted by molar-refractivity contribution is 9.10. The minimum Gasteiger partial charge on any atom is -0.446 e. The lowest BCUT2D eigenvalue weighted by Gasteiger charge is -2.11. The first kappa shape index (κ1) is 15.4. The van der Waals surface area contributed by atoms with Gasteiger partial charge in [0, 0.05) is 6.07 Å². The Bertz CT molecular complexity index is 691. The summed E-state index contributed by atoms with van der Waals surface area (Å²) >= 11 is 3.23. The maximum atomic E-state index is 13.8. The molecule has 0 saturated heterocycles. The van der Waals surface area contributed by atoms with Crippen LogP contribution in [0.1, 0.15) is 18.6 Å². The van der Waals surface area contributed by atoms with E-state index in [4.69, 9.17) is 4.74 Å². The maximum absolute atomic E-state index is 13.8. The van der Waals surface area contributed by atoms with Crippen LogP contribution in [0, 0.1) is 15.9 Å². The fraction of sp³-hybridized carbons (Fsp3) is 0.143. The van der Waals surface area contributed by atoms with Crippen LogP contribution in [0.2, 0.25) is 0 Å². The van der Waals surface area contributed by atoms with Crippen molar-refractivity contribution in [3.05, 3.63) is 62.4 Å². The van der Waals surface area contributed by atoms with Crippen molar-refractivity contribution in [3.63, 3.8) is 0 Å². The molecule has 0 aromatic heterocycles. The summed E-state index contributed by atoms with van der Waals surface area (Å²) in [5, 5.41) is 20.4. The smallest absolute Gasteiger partial charge is 0.314 e. The van der Waals surface area contributed by atoms with Gasteiger partial charge in [-0.2, -0.15) is 0 Å². The number of hydrogen-bond donors (Lipinski definition) is 1. The van der Waals surface area contributed by atoms with E-state index >= 15 is 0 Å². The number of aliphatic hydroxyl groups is 1. The lowest BCUT2D eigenvalue weighted by atomic mass is 10.1. The first-order chi connectivity index (χ1) is 9.90. The van der Waals surface area contributed by atoms with E-state index in [-0.39, 0.29) is 5.75 Å². The van der Waals surface area contributed by atoms with Gasteiger partial charge in [-0.3, -0.25) is 10.1 Å². The number of aliphatic hydroxyl groups excluding tert-OH is 1. The second-order valence-electron chi connectivity index (χ2n) is 4.31. The highest BCUT2D eigenvalue weighted by Crippen LogP contribution is 2.37. The van der Waals surface area contributed by atoms with Crippen LogP contribution >= 0.6 is 15.9 Å². The summed E-state index contributed by atoms with van der Waals surface area (Å²) < 4.78 is 19.5. The lowest BCUT2D eigenvalue weighted by Crippen LogP contribution is -1.97. The van der Waals surface area contributed by atoms with Crippen LogP contribution in [0.25, 0.3) is 0 Å².